The van der Waals surface area contributed by atoms with Gasteiger partial charge in [-0.1, -0.05) is 66.7 Å². The van der Waals surface area contributed by atoms with Crippen molar-refractivity contribution in [3.05, 3.63) is 144 Å². The second kappa shape index (κ2) is 18.0. The van der Waals surface area contributed by atoms with E-state index in [1.165, 1.54) is 10.3 Å². The molecule has 0 atom stereocenters. The zero-order valence-electron chi connectivity index (χ0n) is 29.0. The molecule has 44 heavy (non-hydrogen) atoms. The number of nitrogens with one attached hydrogen (secondary N) is 1. The number of rotatable bonds is 3. The van der Waals surface area contributed by atoms with E-state index in [0.717, 1.165) is 34.4 Å². The van der Waals surface area contributed by atoms with E-state index in [0.29, 0.717) is 11.3 Å². The monoisotopic (exact) mass is 707 g/mol. The summed E-state index contributed by atoms with van der Waals surface area (Å²) in [5.74, 6) is 2.72. The Balaban J connectivity index is 0.000000228. The summed E-state index contributed by atoms with van der Waals surface area (Å²) in [5.41, 5.74) is 5.57. The second-order valence-corrected chi connectivity index (χ2v) is 9.93. The lowest BCUT2D eigenvalue weighted by atomic mass is 9.81. The molecule has 3 N–H and O–H groups in total. The molecule has 0 aliphatic carbocycles. The van der Waals surface area contributed by atoms with Gasteiger partial charge < -0.3 is 43.6 Å². The van der Waals surface area contributed by atoms with Gasteiger partial charge in [0, 0.05) is 37.6 Å². The fraction of sp³-hybridized carbons (Fsp3) is 0.206. The molecule has 10 heteroatoms. The summed E-state index contributed by atoms with van der Waals surface area (Å²) in [7, 11) is -1.34. The lowest BCUT2D eigenvalue weighted by molar-refractivity contribution is -0.602. The van der Waals surface area contributed by atoms with Gasteiger partial charge in [0.25, 0.3) is 5.82 Å². The van der Waals surface area contributed by atoms with E-state index in [1.807, 2.05) is 112 Å². The average Bonchev–Trinajstić information content (AvgIpc) is 3.68. The number of hydrogen-bond acceptors (Lipinski definition) is 4. The van der Waals surface area contributed by atoms with Crippen LogP contribution < -0.4 is 34.0 Å². The highest BCUT2D eigenvalue weighted by atomic mass is 127. The first-order valence-electron chi connectivity index (χ1n) is 15.4. The first-order chi connectivity index (χ1) is 21.8. The minimum absolute atomic E-state index is 0. The van der Waals surface area contributed by atoms with Crippen molar-refractivity contribution in [1.82, 2.24) is 24.1 Å². The summed E-state index contributed by atoms with van der Waals surface area (Å²) < 4.78 is 27.9. The molecule has 0 aliphatic heterocycles. The molecule has 0 fully saturated rings. The Kier molecular flexibility index (Phi) is 12.8. The predicted molar refractivity (Wildman–Crippen MR) is 174 cm³/mol. The molecule has 3 heterocycles. The average molecular weight is 707 g/mol. The zero-order valence-corrected chi connectivity index (χ0v) is 28.1. The predicted octanol–water partition coefficient (Wildman–Crippen LogP) is 1.80. The van der Waals surface area contributed by atoms with Crippen LogP contribution in [-0.4, -0.2) is 41.3 Å². The van der Waals surface area contributed by atoms with Gasteiger partial charge in [0.2, 0.25) is 0 Å². The van der Waals surface area contributed by atoms with Crippen molar-refractivity contribution in [3.8, 4) is 11.4 Å². The molecule has 0 spiro atoms. The largest absolute Gasteiger partial charge is 1.00 e. The van der Waals surface area contributed by atoms with Crippen LogP contribution in [0.15, 0.2) is 110 Å². The van der Waals surface area contributed by atoms with Gasteiger partial charge >= 0.3 is 7.12 Å². The Hall–Kier alpha value is -4.00. The van der Waals surface area contributed by atoms with Crippen molar-refractivity contribution < 1.29 is 42.7 Å². The minimum atomic E-state index is -2.13. The van der Waals surface area contributed by atoms with Crippen LogP contribution in [0.2, 0.25) is 0 Å². The molecule has 0 bridgehead atoms. The van der Waals surface area contributed by atoms with Crippen molar-refractivity contribution >= 4 is 12.6 Å². The number of para-hydroxylation sites is 2. The van der Waals surface area contributed by atoms with E-state index >= 15 is 0 Å². The van der Waals surface area contributed by atoms with Crippen molar-refractivity contribution in [2.45, 2.75) is 41.5 Å². The Morgan fingerprint density at radius 1 is 0.818 bits per heavy atom. The van der Waals surface area contributed by atoms with Gasteiger partial charge in [-0.2, -0.15) is 4.57 Å². The topological polar surface area (TPSA) is 95.8 Å². The molecule has 6 aromatic rings. The summed E-state index contributed by atoms with van der Waals surface area (Å²) in [6.07, 6.45) is 5.71. The van der Waals surface area contributed by atoms with E-state index in [-0.39, 0.29) is 24.0 Å². The Morgan fingerprint density at radius 3 is 1.77 bits per heavy atom. The molecular weight excluding hydrogens is 662 g/mol. The summed E-state index contributed by atoms with van der Waals surface area (Å²) in [6.45, 7) is 9.43. The normalized spacial score (nSPS) is 11.0. The van der Waals surface area contributed by atoms with Crippen molar-refractivity contribution in [2.24, 2.45) is 6.98 Å². The fourth-order valence-corrected chi connectivity index (χ4v) is 4.19. The van der Waals surface area contributed by atoms with Crippen LogP contribution in [0.25, 0.3) is 11.4 Å². The standard InChI is InChI=1S/C12H15N2.C11H12N2.C6H7BO2.C5H8N2.HI/c1-10-9-14(11(2)13(10)3)12-7-5-4-6-8-12;1-9-8-13(10(2)12-9)11-6-4-3-5-7-11;8-7(9)6-4-2-1-3-5-6;1-4-3-6-5(2)7-4;/h4-9H,1-3H3;3-8H,1-2H3;1-5,8-9H;3H,1-2H3,(H,6,7);1H/q+1;;;;/p-1/i3D3;;;;. The molecule has 230 valence electrons. The van der Waals surface area contributed by atoms with Crippen molar-refractivity contribution in [1.29, 1.82) is 0 Å². The van der Waals surface area contributed by atoms with E-state index in [4.69, 9.17) is 14.2 Å². The number of H-pyrrole nitrogens is 1. The van der Waals surface area contributed by atoms with Gasteiger partial charge in [-0.05, 0) is 57.4 Å². The third-order valence-electron chi connectivity index (χ3n) is 6.34. The number of benzene rings is 3. The van der Waals surface area contributed by atoms with Gasteiger partial charge in [0.15, 0.2) is 0 Å². The number of aromatic amines is 1. The second-order valence-electron chi connectivity index (χ2n) is 9.93. The molecular formula is C34H42BIN6O2. The number of aryl methyl sites for hydroxylation is 5. The lowest BCUT2D eigenvalue weighted by Crippen LogP contribution is -3.00. The Bertz CT molecular complexity index is 1760. The maximum Gasteiger partial charge on any atom is 0.488 e. The molecule has 0 radical (unpaired) electrons. The van der Waals surface area contributed by atoms with E-state index < -0.39 is 14.1 Å². The summed E-state index contributed by atoms with van der Waals surface area (Å²) in [5, 5.41) is 17.2. The van der Waals surface area contributed by atoms with Crippen LogP contribution in [0, 0.1) is 41.5 Å². The Labute approximate surface area is 282 Å². The van der Waals surface area contributed by atoms with E-state index in [2.05, 4.69) is 31.7 Å². The molecule has 0 aliphatic rings. The highest BCUT2D eigenvalue weighted by Crippen LogP contribution is 2.11. The van der Waals surface area contributed by atoms with Crippen LogP contribution >= 0.6 is 0 Å². The molecule has 0 saturated heterocycles. The molecule has 3 aromatic carbocycles. The maximum absolute atomic E-state index is 8.58. The first-order valence-corrected chi connectivity index (χ1v) is 13.9. The summed E-state index contributed by atoms with van der Waals surface area (Å²) >= 11 is 0. The minimum Gasteiger partial charge on any atom is -1.00 e. The highest BCUT2D eigenvalue weighted by Gasteiger charge is 2.14. The van der Waals surface area contributed by atoms with Gasteiger partial charge in [-0.15, -0.1) is 0 Å². The first kappa shape index (κ1) is 31.4. The number of aromatic nitrogens is 6. The molecule has 6 rings (SSSR count). The number of nitrogens with zero attached hydrogens (tertiary/aromatic N) is 5. The number of halogens is 1. The van der Waals surface area contributed by atoms with Crippen LogP contribution in [-0.2, 0) is 6.98 Å². The van der Waals surface area contributed by atoms with Crippen LogP contribution in [0.4, 0.5) is 0 Å². The van der Waals surface area contributed by atoms with Gasteiger partial charge in [0.1, 0.15) is 29.2 Å². The zero-order chi connectivity index (χ0) is 33.9. The smallest absolute Gasteiger partial charge is 0.488 e. The summed E-state index contributed by atoms with van der Waals surface area (Å²) in [6, 6.07) is 28.6. The lowest BCUT2D eigenvalue weighted by Gasteiger charge is -2.02. The van der Waals surface area contributed by atoms with Gasteiger partial charge in [0.05, 0.1) is 16.8 Å². The van der Waals surface area contributed by atoms with E-state index in [1.54, 1.807) is 31.2 Å². The molecule has 0 amide bonds. The fourth-order valence-electron chi connectivity index (χ4n) is 4.19. The van der Waals surface area contributed by atoms with E-state index in [9.17, 15) is 0 Å². The van der Waals surface area contributed by atoms with Crippen molar-refractivity contribution in [2.75, 3.05) is 0 Å². The quantitative estimate of drug-likeness (QED) is 0.149. The SMILES string of the molecule is Cc1cn(-c2ccccc2)c(C)n1.Cc1cnc(C)[nH]1.OB(O)c1ccccc1.[2H]C([2H])([2H])n1c(C)c[n+](-c2ccccc2)c1C.[I-]. The highest BCUT2D eigenvalue weighted by molar-refractivity contribution is 6.58. The molecule has 0 unspecified atom stereocenters. The van der Waals surface area contributed by atoms with Crippen LogP contribution in [0.5, 0.6) is 0 Å². The third-order valence-corrected chi connectivity index (χ3v) is 6.34. The van der Waals surface area contributed by atoms with Gasteiger partial charge in [-0.25, -0.2) is 14.5 Å². The van der Waals surface area contributed by atoms with Crippen molar-refractivity contribution in [3.63, 3.8) is 0 Å². The van der Waals surface area contributed by atoms with Crippen LogP contribution in [0.1, 0.15) is 38.7 Å². The van der Waals surface area contributed by atoms with Crippen LogP contribution in [0.3, 0.4) is 0 Å². The molecule has 3 aromatic heterocycles. The molecule has 8 nitrogen and oxygen atoms in total. The van der Waals surface area contributed by atoms with Gasteiger partial charge in [-0.3, -0.25) is 0 Å². The summed E-state index contributed by atoms with van der Waals surface area (Å²) in [4.78, 5) is 11.3. The Morgan fingerprint density at radius 2 is 1.39 bits per heavy atom. The number of imidazole rings is 3. The maximum atomic E-state index is 8.58. The third kappa shape index (κ3) is 10.9. The molecule has 0 saturated carbocycles. The number of hydrogen-bond donors (Lipinski definition) is 3.